The van der Waals surface area contributed by atoms with E-state index in [9.17, 15) is 8.76 Å². The van der Waals surface area contributed by atoms with Gasteiger partial charge in [0.05, 0.1) is 0 Å². The molecule has 0 saturated carbocycles. The Kier molecular flexibility index (Phi) is 3.96. The predicted octanol–water partition coefficient (Wildman–Crippen LogP) is 0.0523. The largest absolute Gasteiger partial charge is 0.748 e. The van der Waals surface area contributed by atoms with Gasteiger partial charge in [0.1, 0.15) is 11.4 Å². The first-order valence-electron chi connectivity index (χ1n) is 2.54. The van der Waals surface area contributed by atoms with Crippen molar-refractivity contribution in [3.8, 4) is 0 Å². The molecule has 0 spiro atoms. The molecule has 0 saturated heterocycles. The van der Waals surface area contributed by atoms with E-state index in [-0.39, 0.29) is 6.04 Å². The first-order chi connectivity index (χ1) is 4.04. The van der Waals surface area contributed by atoms with E-state index in [1.165, 1.54) is 5.06 Å². The maximum Gasteiger partial charge on any atom is 0.106 e. The van der Waals surface area contributed by atoms with Gasteiger partial charge in [0, 0.05) is 13.1 Å². The number of hydroxylamine groups is 2. The molecule has 56 valence electrons. The van der Waals surface area contributed by atoms with Gasteiger partial charge in [-0.15, -0.1) is 0 Å². The van der Waals surface area contributed by atoms with Crippen LogP contribution in [-0.2, 0) is 15.6 Å². The van der Waals surface area contributed by atoms with Crippen LogP contribution in [0.2, 0.25) is 0 Å². The number of nitrogens with zero attached hydrogens (tertiary/aromatic N) is 1. The van der Waals surface area contributed by atoms with Crippen LogP contribution in [0.15, 0.2) is 0 Å². The molecule has 4 nitrogen and oxygen atoms in total. The number of hydrogen-bond donors (Lipinski definition) is 0. The summed E-state index contributed by atoms with van der Waals surface area (Å²) in [6.45, 7) is 3.65. The van der Waals surface area contributed by atoms with Crippen molar-refractivity contribution >= 4 is 11.4 Å². The summed E-state index contributed by atoms with van der Waals surface area (Å²) in [5.41, 5.74) is 0. The molecule has 0 rings (SSSR count). The Labute approximate surface area is 57.2 Å². The zero-order chi connectivity index (χ0) is 7.44. The second-order valence-electron chi connectivity index (χ2n) is 1.92. The highest BCUT2D eigenvalue weighted by molar-refractivity contribution is 7.74. The van der Waals surface area contributed by atoms with Crippen LogP contribution in [0.4, 0.5) is 0 Å². The smallest absolute Gasteiger partial charge is 0.106 e. The Balaban J connectivity index is 3.50. The average molecular weight is 152 g/mol. The summed E-state index contributed by atoms with van der Waals surface area (Å²) in [5, 5.41) is 1.25. The van der Waals surface area contributed by atoms with E-state index in [2.05, 4.69) is 4.28 Å². The summed E-state index contributed by atoms with van der Waals surface area (Å²) < 4.78 is 24.0. The summed E-state index contributed by atoms with van der Waals surface area (Å²) in [7, 11) is 1.56. The van der Waals surface area contributed by atoms with Crippen LogP contribution in [0.3, 0.4) is 0 Å². The maximum absolute atomic E-state index is 9.85. The highest BCUT2D eigenvalue weighted by Gasteiger charge is 2.01. The zero-order valence-electron chi connectivity index (χ0n) is 5.66. The zero-order valence-corrected chi connectivity index (χ0v) is 6.47. The van der Waals surface area contributed by atoms with Crippen molar-refractivity contribution in [2.45, 2.75) is 19.9 Å². The molecule has 9 heavy (non-hydrogen) atoms. The van der Waals surface area contributed by atoms with Gasteiger partial charge in [-0.25, -0.2) is 8.49 Å². The standard InChI is InChI=1S/C4H11NO3S/c1-4(2)5(3)8-9(6)7/h4H,1-3H3,(H,6,7)/p-1. The SMILES string of the molecule is CC(C)N(C)OS(=O)[O-]. The molecule has 0 aromatic rings. The highest BCUT2D eigenvalue weighted by atomic mass is 32.2. The Morgan fingerprint density at radius 3 is 2.22 bits per heavy atom. The molecule has 0 radical (unpaired) electrons. The molecule has 0 aromatic carbocycles. The van der Waals surface area contributed by atoms with E-state index in [4.69, 9.17) is 0 Å². The van der Waals surface area contributed by atoms with Crippen molar-refractivity contribution < 1.29 is 13.0 Å². The summed E-state index contributed by atoms with van der Waals surface area (Å²) in [5.74, 6) is 0. The second-order valence-corrected chi connectivity index (χ2v) is 2.48. The van der Waals surface area contributed by atoms with E-state index in [0.29, 0.717) is 0 Å². The average Bonchev–Trinajstić information content (AvgIpc) is 1.63. The molecule has 0 aliphatic carbocycles. The molecule has 0 amide bonds. The van der Waals surface area contributed by atoms with Gasteiger partial charge >= 0.3 is 0 Å². The molecule has 0 aliphatic rings. The molecule has 0 heterocycles. The summed E-state index contributed by atoms with van der Waals surface area (Å²) in [6, 6.07) is 0.0721. The van der Waals surface area contributed by atoms with Crippen molar-refractivity contribution in [1.82, 2.24) is 5.06 Å². The minimum absolute atomic E-state index is 0.0721. The molecular weight excluding hydrogens is 142 g/mol. The summed E-state index contributed by atoms with van der Waals surface area (Å²) >= 11 is -2.44. The van der Waals surface area contributed by atoms with E-state index < -0.39 is 11.4 Å². The van der Waals surface area contributed by atoms with Crippen LogP contribution in [0.25, 0.3) is 0 Å². The predicted molar refractivity (Wildman–Crippen MR) is 32.9 cm³/mol. The summed E-state index contributed by atoms with van der Waals surface area (Å²) in [6.07, 6.45) is 0. The van der Waals surface area contributed by atoms with Crippen LogP contribution in [-0.4, -0.2) is 26.9 Å². The lowest BCUT2D eigenvalue weighted by Gasteiger charge is -2.20. The van der Waals surface area contributed by atoms with E-state index in [1.54, 1.807) is 7.05 Å². The molecule has 0 N–H and O–H groups in total. The van der Waals surface area contributed by atoms with Crippen LogP contribution in [0.1, 0.15) is 13.8 Å². The van der Waals surface area contributed by atoms with Crippen molar-refractivity contribution in [2.75, 3.05) is 7.05 Å². The van der Waals surface area contributed by atoms with Gasteiger partial charge in [-0.05, 0) is 13.8 Å². The van der Waals surface area contributed by atoms with Gasteiger partial charge in [-0.2, -0.15) is 5.06 Å². The molecular formula is C4H10NO3S-. The van der Waals surface area contributed by atoms with E-state index >= 15 is 0 Å². The Morgan fingerprint density at radius 1 is 1.67 bits per heavy atom. The number of rotatable bonds is 3. The molecule has 0 bridgehead atoms. The Morgan fingerprint density at radius 2 is 2.11 bits per heavy atom. The molecule has 0 aliphatic heterocycles. The van der Waals surface area contributed by atoms with Gasteiger partial charge < -0.3 is 4.55 Å². The molecule has 1 atom stereocenters. The fourth-order valence-corrected chi connectivity index (χ4v) is 0.546. The van der Waals surface area contributed by atoms with Gasteiger partial charge in [0.25, 0.3) is 0 Å². The number of hydrogen-bond acceptors (Lipinski definition) is 4. The lowest BCUT2D eigenvalue weighted by Crippen LogP contribution is -2.27. The minimum atomic E-state index is -2.44. The lowest BCUT2D eigenvalue weighted by molar-refractivity contribution is -0.0543. The van der Waals surface area contributed by atoms with Crippen LogP contribution in [0, 0.1) is 0 Å². The van der Waals surface area contributed by atoms with Gasteiger partial charge in [-0.3, -0.25) is 0 Å². The van der Waals surface area contributed by atoms with Crippen molar-refractivity contribution in [3.05, 3.63) is 0 Å². The third-order valence-electron chi connectivity index (χ3n) is 0.906. The van der Waals surface area contributed by atoms with E-state index in [0.717, 1.165) is 0 Å². The molecule has 0 fully saturated rings. The third kappa shape index (κ3) is 4.53. The van der Waals surface area contributed by atoms with Crippen molar-refractivity contribution in [2.24, 2.45) is 0 Å². The van der Waals surface area contributed by atoms with Crippen LogP contribution in [0.5, 0.6) is 0 Å². The van der Waals surface area contributed by atoms with Gasteiger partial charge in [-0.1, -0.05) is 0 Å². The minimum Gasteiger partial charge on any atom is -0.748 e. The van der Waals surface area contributed by atoms with Gasteiger partial charge in [0.15, 0.2) is 0 Å². The summed E-state index contributed by atoms with van der Waals surface area (Å²) in [4.78, 5) is 0. The van der Waals surface area contributed by atoms with Crippen LogP contribution >= 0.6 is 0 Å². The normalized spacial score (nSPS) is 14.9. The third-order valence-corrected chi connectivity index (χ3v) is 1.26. The molecule has 5 heteroatoms. The van der Waals surface area contributed by atoms with E-state index in [1.807, 2.05) is 13.8 Å². The van der Waals surface area contributed by atoms with Crippen LogP contribution < -0.4 is 0 Å². The maximum atomic E-state index is 9.85. The first kappa shape index (κ1) is 9.03. The second kappa shape index (κ2) is 3.94. The Bertz CT molecular complexity index is 106. The monoisotopic (exact) mass is 152 g/mol. The molecule has 0 aromatic heterocycles. The van der Waals surface area contributed by atoms with Crippen molar-refractivity contribution in [3.63, 3.8) is 0 Å². The quantitative estimate of drug-likeness (QED) is 0.423. The topological polar surface area (TPSA) is 52.6 Å². The first-order valence-corrected chi connectivity index (χ1v) is 3.54. The fourth-order valence-electron chi connectivity index (χ4n) is 0.182. The highest BCUT2D eigenvalue weighted by Crippen LogP contribution is 1.94. The van der Waals surface area contributed by atoms with Crippen molar-refractivity contribution in [1.29, 1.82) is 0 Å². The molecule has 1 unspecified atom stereocenters. The lowest BCUT2D eigenvalue weighted by atomic mass is 10.4. The van der Waals surface area contributed by atoms with Gasteiger partial charge in [0.2, 0.25) is 0 Å². The Hall–Kier alpha value is 0.0300. The fraction of sp³-hybridized carbons (Fsp3) is 1.00.